The molecule has 2 aliphatic rings. The van der Waals surface area contributed by atoms with Crippen molar-refractivity contribution in [1.82, 2.24) is 10.2 Å². The molecule has 92 valence electrons. The van der Waals surface area contributed by atoms with Gasteiger partial charge in [-0.15, -0.1) is 0 Å². The molecule has 2 atom stereocenters. The topological polar surface area (TPSA) is 15.3 Å². The van der Waals surface area contributed by atoms with Gasteiger partial charge in [-0.3, -0.25) is 0 Å². The number of rotatable bonds is 3. The summed E-state index contributed by atoms with van der Waals surface area (Å²) in [5, 5.41) is 3.80. The molecule has 2 rings (SSSR count). The zero-order chi connectivity index (χ0) is 11.4. The standard InChI is InChI=1S/C14H26N2/c1-12(13-8-10-16(2)11-9-13)15-14-6-4-3-5-7-14/h4,6,12-15H,3,5,7-11H2,1-2H3. The van der Waals surface area contributed by atoms with Crippen molar-refractivity contribution in [1.29, 1.82) is 0 Å². The van der Waals surface area contributed by atoms with Crippen molar-refractivity contribution in [2.75, 3.05) is 20.1 Å². The van der Waals surface area contributed by atoms with E-state index in [1.807, 2.05) is 0 Å². The Balaban J connectivity index is 1.76. The van der Waals surface area contributed by atoms with E-state index in [0.29, 0.717) is 12.1 Å². The van der Waals surface area contributed by atoms with Crippen molar-refractivity contribution in [3.8, 4) is 0 Å². The van der Waals surface area contributed by atoms with E-state index in [1.54, 1.807) is 0 Å². The first-order valence-corrected chi connectivity index (χ1v) is 6.87. The molecule has 0 amide bonds. The van der Waals surface area contributed by atoms with Crippen molar-refractivity contribution in [3.05, 3.63) is 12.2 Å². The Bertz CT molecular complexity index is 229. The number of nitrogens with one attached hydrogen (secondary N) is 1. The summed E-state index contributed by atoms with van der Waals surface area (Å²) in [5.41, 5.74) is 0. The van der Waals surface area contributed by atoms with E-state index in [4.69, 9.17) is 0 Å². The smallest absolute Gasteiger partial charge is 0.0252 e. The van der Waals surface area contributed by atoms with Crippen molar-refractivity contribution in [2.24, 2.45) is 5.92 Å². The molecule has 1 saturated heterocycles. The van der Waals surface area contributed by atoms with Gasteiger partial charge < -0.3 is 10.2 Å². The van der Waals surface area contributed by atoms with Gasteiger partial charge in [-0.25, -0.2) is 0 Å². The van der Waals surface area contributed by atoms with Gasteiger partial charge in [-0.05, 0) is 65.1 Å². The van der Waals surface area contributed by atoms with Crippen molar-refractivity contribution in [3.63, 3.8) is 0 Å². The molecule has 0 aromatic heterocycles. The highest BCUT2D eigenvalue weighted by Gasteiger charge is 2.23. The second-order valence-corrected chi connectivity index (χ2v) is 5.56. The fraction of sp³-hybridized carbons (Fsp3) is 0.857. The molecule has 2 heteroatoms. The molecule has 2 nitrogen and oxygen atoms in total. The fourth-order valence-corrected chi connectivity index (χ4v) is 2.95. The molecule has 0 aromatic rings. The number of nitrogens with zero attached hydrogens (tertiary/aromatic N) is 1. The van der Waals surface area contributed by atoms with E-state index in [2.05, 4.69) is 36.3 Å². The zero-order valence-corrected chi connectivity index (χ0v) is 10.8. The highest BCUT2D eigenvalue weighted by Crippen LogP contribution is 2.21. The van der Waals surface area contributed by atoms with Crippen LogP contribution in [0.15, 0.2) is 12.2 Å². The van der Waals surface area contributed by atoms with Gasteiger partial charge in [-0.1, -0.05) is 12.2 Å². The molecular weight excluding hydrogens is 196 g/mol. The number of piperidine rings is 1. The molecule has 0 spiro atoms. The van der Waals surface area contributed by atoms with Crippen LogP contribution in [0, 0.1) is 5.92 Å². The van der Waals surface area contributed by atoms with Crippen LogP contribution in [-0.2, 0) is 0 Å². The summed E-state index contributed by atoms with van der Waals surface area (Å²) < 4.78 is 0. The van der Waals surface area contributed by atoms with Crippen molar-refractivity contribution < 1.29 is 0 Å². The van der Waals surface area contributed by atoms with Crippen LogP contribution < -0.4 is 5.32 Å². The van der Waals surface area contributed by atoms with Gasteiger partial charge in [0.2, 0.25) is 0 Å². The maximum Gasteiger partial charge on any atom is 0.0252 e. The van der Waals surface area contributed by atoms with Gasteiger partial charge in [0.15, 0.2) is 0 Å². The molecule has 1 heterocycles. The minimum atomic E-state index is 0.642. The molecule has 0 saturated carbocycles. The van der Waals surface area contributed by atoms with E-state index in [9.17, 15) is 0 Å². The fourth-order valence-electron chi connectivity index (χ4n) is 2.95. The third-order valence-electron chi connectivity index (χ3n) is 4.20. The molecule has 1 N–H and O–H groups in total. The highest BCUT2D eigenvalue weighted by atomic mass is 15.1. The molecule has 0 radical (unpaired) electrons. The van der Waals surface area contributed by atoms with Crippen LogP contribution >= 0.6 is 0 Å². The zero-order valence-electron chi connectivity index (χ0n) is 10.8. The highest BCUT2D eigenvalue weighted by molar-refractivity contribution is 4.98. The lowest BCUT2D eigenvalue weighted by atomic mass is 9.89. The Kier molecular flexibility index (Phi) is 4.42. The second-order valence-electron chi connectivity index (χ2n) is 5.56. The number of hydrogen-bond acceptors (Lipinski definition) is 2. The molecule has 1 aliphatic carbocycles. The molecular formula is C14H26N2. The van der Waals surface area contributed by atoms with Crippen LogP contribution in [0.3, 0.4) is 0 Å². The average Bonchev–Trinajstić information content (AvgIpc) is 2.31. The summed E-state index contributed by atoms with van der Waals surface area (Å²) >= 11 is 0. The van der Waals surface area contributed by atoms with Crippen molar-refractivity contribution in [2.45, 2.75) is 51.1 Å². The van der Waals surface area contributed by atoms with E-state index in [-0.39, 0.29) is 0 Å². The Morgan fingerprint density at radius 3 is 2.62 bits per heavy atom. The summed E-state index contributed by atoms with van der Waals surface area (Å²) in [6.07, 6.45) is 11.4. The quantitative estimate of drug-likeness (QED) is 0.738. The Morgan fingerprint density at radius 2 is 2.00 bits per heavy atom. The normalized spacial score (nSPS) is 30.5. The lowest BCUT2D eigenvalue weighted by Gasteiger charge is -2.35. The maximum absolute atomic E-state index is 3.80. The largest absolute Gasteiger partial charge is 0.308 e. The van der Waals surface area contributed by atoms with E-state index >= 15 is 0 Å². The molecule has 0 bridgehead atoms. The van der Waals surface area contributed by atoms with Gasteiger partial charge in [0, 0.05) is 12.1 Å². The summed E-state index contributed by atoms with van der Waals surface area (Å²) in [5.74, 6) is 0.881. The lowest BCUT2D eigenvalue weighted by molar-refractivity contribution is 0.185. The number of likely N-dealkylation sites (tertiary alicyclic amines) is 1. The first kappa shape index (κ1) is 12.1. The minimum absolute atomic E-state index is 0.642. The third kappa shape index (κ3) is 3.33. The average molecular weight is 222 g/mol. The van der Waals surface area contributed by atoms with E-state index in [1.165, 1.54) is 45.2 Å². The Morgan fingerprint density at radius 1 is 1.25 bits per heavy atom. The predicted octanol–water partition coefficient (Wildman–Crippen LogP) is 2.42. The first-order valence-electron chi connectivity index (χ1n) is 6.87. The SMILES string of the molecule is CC(NC1C=CCCC1)C1CCN(C)CC1. The van der Waals surface area contributed by atoms with Gasteiger partial charge in [0.25, 0.3) is 0 Å². The van der Waals surface area contributed by atoms with Crippen LogP contribution in [0.2, 0.25) is 0 Å². The number of hydrogen-bond donors (Lipinski definition) is 1. The summed E-state index contributed by atoms with van der Waals surface area (Å²) in [7, 11) is 2.23. The maximum atomic E-state index is 3.80. The summed E-state index contributed by atoms with van der Waals surface area (Å²) in [6, 6.07) is 1.32. The van der Waals surface area contributed by atoms with Crippen LogP contribution in [-0.4, -0.2) is 37.1 Å². The van der Waals surface area contributed by atoms with Crippen LogP contribution in [0.5, 0.6) is 0 Å². The summed E-state index contributed by atoms with van der Waals surface area (Å²) in [4.78, 5) is 2.45. The van der Waals surface area contributed by atoms with Gasteiger partial charge in [0.1, 0.15) is 0 Å². The third-order valence-corrected chi connectivity index (χ3v) is 4.20. The minimum Gasteiger partial charge on any atom is -0.308 e. The monoisotopic (exact) mass is 222 g/mol. The second kappa shape index (κ2) is 5.83. The van der Waals surface area contributed by atoms with Crippen LogP contribution in [0.4, 0.5) is 0 Å². The molecule has 1 fully saturated rings. The molecule has 16 heavy (non-hydrogen) atoms. The van der Waals surface area contributed by atoms with Gasteiger partial charge in [0.05, 0.1) is 0 Å². The first-order chi connectivity index (χ1) is 7.75. The van der Waals surface area contributed by atoms with Gasteiger partial charge >= 0.3 is 0 Å². The number of allylic oxidation sites excluding steroid dienone is 1. The van der Waals surface area contributed by atoms with Gasteiger partial charge in [-0.2, -0.15) is 0 Å². The van der Waals surface area contributed by atoms with Crippen LogP contribution in [0.1, 0.15) is 39.0 Å². The molecule has 0 aromatic carbocycles. The molecule has 1 aliphatic heterocycles. The predicted molar refractivity (Wildman–Crippen MR) is 69.6 cm³/mol. The van der Waals surface area contributed by atoms with E-state index < -0.39 is 0 Å². The summed E-state index contributed by atoms with van der Waals surface area (Å²) in [6.45, 7) is 4.92. The van der Waals surface area contributed by atoms with Crippen molar-refractivity contribution >= 4 is 0 Å². The molecule has 2 unspecified atom stereocenters. The Hall–Kier alpha value is -0.340. The Labute approximate surface area is 100 Å². The lowest BCUT2D eigenvalue weighted by Crippen LogP contribution is -2.44. The van der Waals surface area contributed by atoms with Crippen LogP contribution in [0.25, 0.3) is 0 Å². The van der Waals surface area contributed by atoms with E-state index in [0.717, 1.165) is 5.92 Å².